The minimum atomic E-state index is 0.451. The molecule has 0 bridgehead atoms. The van der Waals surface area contributed by atoms with Gasteiger partial charge in [0.05, 0.1) is 7.85 Å². The third-order valence-corrected chi connectivity index (χ3v) is 2.30. The Kier molecular flexibility index (Phi) is 3.27. The summed E-state index contributed by atoms with van der Waals surface area (Å²) >= 11 is 0. The summed E-state index contributed by atoms with van der Waals surface area (Å²) in [6.07, 6.45) is 7.15. The highest BCUT2D eigenvalue weighted by atomic mass is 14.6. The van der Waals surface area contributed by atoms with Gasteiger partial charge in [0.15, 0.2) is 0 Å². The molecule has 0 amide bonds. The molecule has 0 saturated heterocycles. The number of hydrogen-bond acceptors (Lipinski definition) is 1. The van der Waals surface area contributed by atoms with Gasteiger partial charge in [-0.15, -0.1) is 0 Å². The monoisotopic (exact) mass is 137 g/mol. The molecule has 0 aliphatic heterocycles. The van der Waals surface area contributed by atoms with E-state index in [1.165, 1.54) is 38.5 Å². The van der Waals surface area contributed by atoms with Gasteiger partial charge in [-0.2, -0.15) is 0 Å². The van der Waals surface area contributed by atoms with Crippen LogP contribution in [0.2, 0.25) is 5.82 Å². The van der Waals surface area contributed by atoms with Crippen molar-refractivity contribution < 1.29 is 0 Å². The third kappa shape index (κ3) is 2.74. The van der Waals surface area contributed by atoms with Crippen molar-refractivity contribution in [3.63, 3.8) is 0 Å². The van der Waals surface area contributed by atoms with Gasteiger partial charge >= 0.3 is 0 Å². The maximum absolute atomic E-state index is 5.81. The highest BCUT2D eigenvalue weighted by Crippen LogP contribution is 2.23. The fraction of sp³-hybridized carbons (Fsp3) is 1.00. The van der Waals surface area contributed by atoms with Crippen LogP contribution in [0.3, 0.4) is 0 Å². The van der Waals surface area contributed by atoms with Crippen molar-refractivity contribution in [1.29, 1.82) is 0 Å². The predicted octanol–water partition coefficient (Wildman–Crippen LogP) is 1.62. The smallest absolute Gasteiger partial charge is 0.0699 e. The summed E-state index contributed by atoms with van der Waals surface area (Å²) in [7, 11) is 5.81. The Morgan fingerprint density at radius 3 is 2.00 bits per heavy atom. The molecule has 1 nitrogen and oxygen atoms in total. The van der Waals surface area contributed by atoms with Crippen LogP contribution in [-0.4, -0.2) is 13.9 Å². The van der Waals surface area contributed by atoms with E-state index in [-0.39, 0.29) is 0 Å². The lowest BCUT2D eigenvalue weighted by Gasteiger charge is -2.19. The first kappa shape index (κ1) is 8.12. The molecule has 1 rings (SSSR count). The quantitative estimate of drug-likeness (QED) is 0.504. The molecule has 1 fully saturated rings. The third-order valence-electron chi connectivity index (χ3n) is 2.30. The van der Waals surface area contributed by atoms with Gasteiger partial charge < -0.3 is 5.73 Å². The number of hydrogen-bond donors (Lipinski definition) is 1. The Morgan fingerprint density at radius 2 is 1.50 bits per heavy atom. The number of rotatable bonds is 0. The van der Waals surface area contributed by atoms with Crippen molar-refractivity contribution in [2.45, 2.75) is 50.4 Å². The van der Waals surface area contributed by atoms with Crippen molar-refractivity contribution in [3.8, 4) is 0 Å². The number of nitrogens with two attached hydrogens (primary N) is 1. The first-order valence-corrected chi connectivity index (χ1v) is 4.30. The summed E-state index contributed by atoms with van der Waals surface area (Å²) in [6.45, 7) is 0. The molecular weight excluding hydrogens is 121 g/mol. The molecule has 2 heteroatoms. The molecule has 1 saturated carbocycles. The standard InChI is InChI=1S/C8H16BN/c9-7-3-1-5-8(10)6-2-4-7/h7-8H,1-6,10H2. The molecule has 1 aliphatic rings. The summed E-state index contributed by atoms with van der Waals surface area (Å²) in [4.78, 5) is 0. The molecule has 56 valence electrons. The molecule has 2 N–H and O–H groups in total. The SMILES string of the molecule is [B]C1CCCC(N)CCC1. The highest BCUT2D eigenvalue weighted by Gasteiger charge is 2.09. The molecule has 0 aromatic heterocycles. The molecule has 10 heavy (non-hydrogen) atoms. The Hall–Kier alpha value is 0.0249. The van der Waals surface area contributed by atoms with Crippen molar-refractivity contribution in [1.82, 2.24) is 0 Å². The van der Waals surface area contributed by atoms with Crippen LogP contribution in [0.15, 0.2) is 0 Å². The molecule has 0 unspecified atom stereocenters. The van der Waals surface area contributed by atoms with Gasteiger partial charge in [-0.3, -0.25) is 0 Å². The van der Waals surface area contributed by atoms with E-state index in [1.807, 2.05) is 0 Å². The van der Waals surface area contributed by atoms with Crippen LogP contribution in [0.25, 0.3) is 0 Å². The van der Waals surface area contributed by atoms with E-state index >= 15 is 0 Å². The summed E-state index contributed by atoms with van der Waals surface area (Å²) < 4.78 is 0. The Labute approximate surface area is 64.8 Å². The minimum absolute atomic E-state index is 0.451. The zero-order chi connectivity index (χ0) is 7.40. The van der Waals surface area contributed by atoms with Crippen LogP contribution >= 0.6 is 0 Å². The van der Waals surface area contributed by atoms with Crippen molar-refractivity contribution >= 4 is 7.85 Å². The van der Waals surface area contributed by atoms with E-state index in [0.717, 1.165) is 0 Å². The summed E-state index contributed by atoms with van der Waals surface area (Å²) in [6, 6.07) is 0.451. The van der Waals surface area contributed by atoms with Crippen LogP contribution in [0.4, 0.5) is 0 Å². The van der Waals surface area contributed by atoms with Gasteiger partial charge in [0, 0.05) is 6.04 Å². The van der Waals surface area contributed by atoms with Gasteiger partial charge in [-0.05, 0) is 12.8 Å². The van der Waals surface area contributed by atoms with E-state index < -0.39 is 0 Å². The van der Waals surface area contributed by atoms with Gasteiger partial charge in [0.2, 0.25) is 0 Å². The lowest BCUT2D eigenvalue weighted by atomic mass is 9.77. The summed E-state index contributed by atoms with van der Waals surface area (Å²) in [5.41, 5.74) is 5.81. The van der Waals surface area contributed by atoms with Crippen molar-refractivity contribution in [2.75, 3.05) is 0 Å². The maximum atomic E-state index is 5.81. The van der Waals surface area contributed by atoms with Crippen LogP contribution in [0.5, 0.6) is 0 Å². The molecular formula is C8H16BN. The van der Waals surface area contributed by atoms with Gasteiger partial charge in [-0.1, -0.05) is 31.5 Å². The van der Waals surface area contributed by atoms with Crippen molar-refractivity contribution in [2.24, 2.45) is 5.73 Å². The second kappa shape index (κ2) is 4.02. The zero-order valence-corrected chi connectivity index (χ0v) is 6.55. The van der Waals surface area contributed by atoms with Gasteiger partial charge in [0.25, 0.3) is 0 Å². The first-order chi connectivity index (χ1) is 4.79. The molecule has 0 aromatic rings. The van der Waals surface area contributed by atoms with E-state index in [0.29, 0.717) is 11.9 Å². The molecule has 1 aliphatic carbocycles. The van der Waals surface area contributed by atoms with E-state index in [4.69, 9.17) is 13.6 Å². The zero-order valence-electron chi connectivity index (χ0n) is 6.55. The Morgan fingerprint density at radius 1 is 1.00 bits per heavy atom. The summed E-state index contributed by atoms with van der Waals surface area (Å²) in [5, 5.41) is 0. The fourth-order valence-electron chi connectivity index (χ4n) is 1.57. The van der Waals surface area contributed by atoms with Gasteiger partial charge in [-0.25, -0.2) is 0 Å². The Balaban J connectivity index is 2.21. The lowest BCUT2D eigenvalue weighted by molar-refractivity contribution is 0.454. The minimum Gasteiger partial charge on any atom is -0.328 e. The average Bonchev–Trinajstić information content (AvgIpc) is 1.84. The van der Waals surface area contributed by atoms with E-state index in [1.54, 1.807) is 0 Å². The summed E-state index contributed by atoms with van der Waals surface area (Å²) in [5.74, 6) is 0.451. The van der Waals surface area contributed by atoms with Gasteiger partial charge in [0.1, 0.15) is 0 Å². The fourth-order valence-corrected chi connectivity index (χ4v) is 1.57. The first-order valence-electron chi connectivity index (χ1n) is 4.30. The Bertz CT molecular complexity index is 75.3. The van der Waals surface area contributed by atoms with E-state index in [9.17, 15) is 0 Å². The largest absolute Gasteiger partial charge is 0.328 e. The molecule has 0 spiro atoms. The predicted molar refractivity (Wildman–Crippen MR) is 45.2 cm³/mol. The maximum Gasteiger partial charge on any atom is 0.0699 e. The second-order valence-corrected chi connectivity index (χ2v) is 3.38. The van der Waals surface area contributed by atoms with Crippen LogP contribution in [-0.2, 0) is 0 Å². The van der Waals surface area contributed by atoms with Crippen LogP contribution < -0.4 is 5.73 Å². The lowest BCUT2D eigenvalue weighted by Crippen LogP contribution is -2.21. The average molecular weight is 137 g/mol. The molecule has 0 heterocycles. The molecule has 2 radical (unpaired) electrons. The van der Waals surface area contributed by atoms with Crippen LogP contribution in [0.1, 0.15) is 38.5 Å². The van der Waals surface area contributed by atoms with Crippen LogP contribution in [0, 0.1) is 0 Å². The molecule has 0 atom stereocenters. The topological polar surface area (TPSA) is 26.0 Å². The normalized spacial score (nSPS) is 36.5. The molecule has 0 aromatic carbocycles. The van der Waals surface area contributed by atoms with E-state index in [2.05, 4.69) is 0 Å². The highest BCUT2D eigenvalue weighted by molar-refractivity contribution is 6.11. The second-order valence-electron chi connectivity index (χ2n) is 3.38. The van der Waals surface area contributed by atoms with Crippen molar-refractivity contribution in [3.05, 3.63) is 0 Å².